The number of nitrogens with zero attached hydrogens (tertiary/aromatic N) is 1. The number of benzene rings is 1. The summed E-state index contributed by atoms with van der Waals surface area (Å²) < 4.78 is 11.9. The number of hydrogen-bond donors (Lipinski definition) is 0. The molecule has 0 fully saturated rings. The number of carbonyl (C=O) groups excluding carboxylic acids is 1. The summed E-state index contributed by atoms with van der Waals surface area (Å²) in [6, 6.07) is 5.73. The Labute approximate surface area is 146 Å². The second kappa shape index (κ2) is 7.49. The van der Waals surface area contributed by atoms with Gasteiger partial charge in [0.05, 0.1) is 6.61 Å². The smallest absolute Gasteiger partial charge is 0.329 e. The molecule has 0 N–H and O–H groups in total. The third-order valence-electron chi connectivity index (χ3n) is 3.55. The van der Waals surface area contributed by atoms with Crippen LogP contribution in [0.1, 0.15) is 32.8 Å². The van der Waals surface area contributed by atoms with Crippen LogP contribution in [-0.2, 0) is 14.3 Å². The Bertz CT molecular complexity index is 592. The van der Waals surface area contributed by atoms with Gasteiger partial charge in [-0.05, 0) is 51.0 Å². The number of ether oxygens (including phenoxy) is 2. The monoisotopic (exact) mass is 381 g/mol. The lowest BCUT2D eigenvalue weighted by Crippen LogP contribution is -2.45. The van der Waals surface area contributed by atoms with Gasteiger partial charge in [-0.3, -0.25) is 0 Å². The topological polar surface area (TPSA) is 38.8 Å². The highest BCUT2D eigenvalue weighted by atomic mass is 79.9. The standard InChI is InChI=1S/C18H24BrNO3/c1-18(2,3)23-17(21)16-7-5-6-13-12-14(19)8-9-15(13)20(16)10-11-22-4/h5-6,8-9,12,16H,7,10-11H2,1-4H3. The second-order valence-electron chi connectivity index (χ2n) is 6.58. The van der Waals surface area contributed by atoms with Crippen molar-refractivity contribution in [2.24, 2.45) is 0 Å². The van der Waals surface area contributed by atoms with E-state index in [0.29, 0.717) is 19.6 Å². The molecular weight excluding hydrogens is 358 g/mol. The largest absolute Gasteiger partial charge is 0.458 e. The minimum atomic E-state index is -0.497. The molecule has 126 valence electrons. The van der Waals surface area contributed by atoms with Gasteiger partial charge < -0.3 is 14.4 Å². The molecule has 0 amide bonds. The van der Waals surface area contributed by atoms with Gasteiger partial charge >= 0.3 is 5.97 Å². The molecule has 1 heterocycles. The first-order chi connectivity index (χ1) is 10.8. The number of methoxy groups -OCH3 is 1. The highest BCUT2D eigenvalue weighted by Gasteiger charge is 2.31. The zero-order chi connectivity index (χ0) is 17.0. The van der Waals surface area contributed by atoms with Crippen molar-refractivity contribution in [1.29, 1.82) is 0 Å². The van der Waals surface area contributed by atoms with Gasteiger partial charge in [-0.15, -0.1) is 0 Å². The van der Waals surface area contributed by atoms with Crippen molar-refractivity contribution >= 4 is 33.7 Å². The van der Waals surface area contributed by atoms with Gasteiger partial charge in [0.15, 0.2) is 0 Å². The van der Waals surface area contributed by atoms with Gasteiger partial charge in [-0.1, -0.05) is 28.1 Å². The molecule has 0 bridgehead atoms. The third kappa shape index (κ3) is 4.82. The first-order valence-electron chi connectivity index (χ1n) is 7.76. The molecule has 0 saturated carbocycles. The summed E-state index contributed by atoms with van der Waals surface area (Å²) in [6.07, 6.45) is 4.71. The third-order valence-corrected chi connectivity index (χ3v) is 4.04. The molecule has 0 aromatic heterocycles. The van der Waals surface area contributed by atoms with Crippen LogP contribution >= 0.6 is 15.9 Å². The molecule has 1 unspecified atom stereocenters. The summed E-state index contributed by atoms with van der Waals surface area (Å²) >= 11 is 3.50. The Hall–Kier alpha value is -1.33. The van der Waals surface area contributed by atoms with Crippen LogP contribution in [0.4, 0.5) is 5.69 Å². The average molecular weight is 382 g/mol. The highest BCUT2D eigenvalue weighted by Crippen LogP contribution is 2.31. The van der Waals surface area contributed by atoms with E-state index in [2.05, 4.69) is 33.0 Å². The van der Waals surface area contributed by atoms with Crippen molar-refractivity contribution in [3.05, 3.63) is 34.3 Å². The SMILES string of the molecule is COCCN1c2ccc(Br)cc2C=CCC1C(=O)OC(C)(C)C. The first-order valence-corrected chi connectivity index (χ1v) is 8.55. The molecule has 1 aliphatic rings. The molecule has 1 aromatic rings. The van der Waals surface area contributed by atoms with E-state index in [1.807, 2.05) is 39.0 Å². The van der Waals surface area contributed by atoms with E-state index >= 15 is 0 Å². The number of halogens is 1. The van der Waals surface area contributed by atoms with E-state index in [9.17, 15) is 4.79 Å². The Morgan fingerprint density at radius 3 is 2.78 bits per heavy atom. The Kier molecular flexibility index (Phi) is 5.87. The van der Waals surface area contributed by atoms with Crippen LogP contribution in [0, 0.1) is 0 Å². The second-order valence-corrected chi connectivity index (χ2v) is 7.49. The number of carbonyl (C=O) groups is 1. The summed E-state index contributed by atoms with van der Waals surface area (Å²) in [6.45, 7) is 6.86. The molecule has 0 aliphatic carbocycles. The van der Waals surface area contributed by atoms with Crippen LogP contribution in [0.15, 0.2) is 28.7 Å². The fraction of sp³-hybridized carbons (Fsp3) is 0.500. The lowest BCUT2D eigenvalue weighted by Gasteiger charge is -2.33. The summed E-state index contributed by atoms with van der Waals surface area (Å²) in [4.78, 5) is 14.8. The van der Waals surface area contributed by atoms with Crippen molar-refractivity contribution < 1.29 is 14.3 Å². The number of esters is 1. The summed E-state index contributed by atoms with van der Waals surface area (Å²) in [7, 11) is 1.67. The maximum atomic E-state index is 12.7. The minimum Gasteiger partial charge on any atom is -0.458 e. The molecular formula is C18H24BrNO3. The van der Waals surface area contributed by atoms with Crippen LogP contribution in [0.2, 0.25) is 0 Å². The molecule has 2 rings (SSSR count). The number of rotatable bonds is 4. The molecule has 1 atom stereocenters. The minimum absolute atomic E-state index is 0.200. The summed E-state index contributed by atoms with van der Waals surface area (Å²) in [5, 5.41) is 0. The lowest BCUT2D eigenvalue weighted by molar-refractivity contribution is -0.156. The number of fused-ring (bicyclic) bond motifs is 1. The lowest BCUT2D eigenvalue weighted by atomic mass is 10.1. The van der Waals surface area contributed by atoms with Gasteiger partial charge in [0.1, 0.15) is 11.6 Å². The number of hydrogen-bond acceptors (Lipinski definition) is 4. The molecule has 5 heteroatoms. The van der Waals surface area contributed by atoms with Gasteiger partial charge in [0, 0.05) is 23.8 Å². The van der Waals surface area contributed by atoms with E-state index in [-0.39, 0.29) is 12.0 Å². The van der Waals surface area contributed by atoms with E-state index < -0.39 is 5.60 Å². The van der Waals surface area contributed by atoms with Crippen molar-refractivity contribution in [2.75, 3.05) is 25.2 Å². The Morgan fingerprint density at radius 2 is 2.13 bits per heavy atom. The van der Waals surface area contributed by atoms with Crippen LogP contribution in [-0.4, -0.2) is 37.9 Å². The quantitative estimate of drug-likeness (QED) is 0.738. The van der Waals surface area contributed by atoms with Crippen LogP contribution in [0.3, 0.4) is 0 Å². The Morgan fingerprint density at radius 1 is 1.39 bits per heavy atom. The van der Waals surface area contributed by atoms with Crippen molar-refractivity contribution in [3.8, 4) is 0 Å². The normalized spacial score (nSPS) is 17.6. The van der Waals surface area contributed by atoms with Crippen molar-refractivity contribution in [1.82, 2.24) is 0 Å². The molecule has 0 spiro atoms. The van der Waals surface area contributed by atoms with Crippen LogP contribution in [0.5, 0.6) is 0 Å². The summed E-state index contributed by atoms with van der Waals surface area (Å²) in [5.41, 5.74) is 1.61. The molecule has 0 saturated heterocycles. The predicted octanol–water partition coefficient (Wildman–Crippen LogP) is 4.03. The van der Waals surface area contributed by atoms with Gasteiger partial charge in [-0.25, -0.2) is 4.79 Å². The molecule has 1 aliphatic heterocycles. The fourth-order valence-electron chi connectivity index (χ4n) is 2.60. The van der Waals surface area contributed by atoms with Gasteiger partial charge in [-0.2, -0.15) is 0 Å². The molecule has 1 aromatic carbocycles. The summed E-state index contributed by atoms with van der Waals surface area (Å²) in [5.74, 6) is -0.200. The highest BCUT2D eigenvalue weighted by molar-refractivity contribution is 9.10. The van der Waals surface area contributed by atoms with E-state index in [1.54, 1.807) is 7.11 Å². The van der Waals surface area contributed by atoms with Gasteiger partial charge in [0.2, 0.25) is 0 Å². The first kappa shape index (κ1) is 18.0. The maximum Gasteiger partial charge on any atom is 0.329 e. The van der Waals surface area contributed by atoms with E-state index in [0.717, 1.165) is 15.7 Å². The molecule has 23 heavy (non-hydrogen) atoms. The van der Waals surface area contributed by atoms with Crippen LogP contribution < -0.4 is 4.90 Å². The fourth-order valence-corrected chi connectivity index (χ4v) is 2.98. The zero-order valence-corrected chi connectivity index (χ0v) is 15.7. The van der Waals surface area contributed by atoms with Crippen molar-refractivity contribution in [3.63, 3.8) is 0 Å². The van der Waals surface area contributed by atoms with E-state index in [4.69, 9.17) is 9.47 Å². The average Bonchev–Trinajstić information content (AvgIpc) is 2.62. The van der Waals surface area contributed by atoms with Gasteiger partial charge in [0.25, 0.3) is 0 Å². The van der Waals surface area contributed by atoms with E-state index in [1.165, 1.54) is 0 Å². The van der Waals surface area contributed by atoms with Crippen LogP contribution in [0.25, 0.3) is 6.08 Å². The maximum absolute atomic E-state index is 12.7. The van der Waals surface area contributed by atoms with Crippen molar-refractivity contribution in [2.45, 2.75) is 38.8 Å². The predicted molar refractivity (Wildman–Crippen MR) is 96.6 cm³/mol. The number of anilines is 1. The molecule has 0 radical (unpaired) electrons. The molecule has 4 nitrogen and oxygen atoms in total. The zero-order valence-electron chi connectivity index (χ0n) is 14.1. The Balaban J connectivity index is 2.35.